The molecule has 0 rings (SSSR count). The number of hydrogen-bond acceptors (Lipinski definition) is 8. The van der Waals surface area contributed by atoms with E-state index in [0.29, 0.717) is 31.8 Å². The van der Waals surface area contributed by atoms with Gasteiger partial charge >= 0.3 is 11.9 Å². The molecule has 0 aromatic carbocycles. The topological polar surface area (TPSA) is 114 Å². The van der Waals surface area contributed by atoms with Gasteiger partial charge in [-0.15, -0.1) is 23.5 Å². The van der Waals surface area contributed by atoms with Crippen molar-refractivity contribution in [2.45, 2.75) is 6.92 Å². The summed E-state index contributed by atoms with van der Waals surface area (Å²) in [6.07, 6.45) is 0. The van der Waals surface area contributed by atoms with E-state index in [1.165, 1.54) is 23.5 Å². The Hall–Kier alpha value is -0.520. The summed E-state index contributed by atoms with van der Waals surface area (Å²) in [6, 6.07) is 0. The molecule has 21 heavy (non-hydrogen) atoms. The van der Waals surface area contributed by atoms with Crippen molar-refractivity contribution < 1.29 is 19.8 Å². The average molecular weight is 340 g/mol. The Bertz CT molecular complexity index is 277. The summed E-state index contributed by atoms with van der Waals surface area (Å²) in [6.45, 7) is 4.83. The van der Waals surface area contributed by atoms with Crippen molar-refractivity contribution in [3.05, 3.63) is 0 Å². The van der Waals surface area contributed by atoms with Gasteiger partial charge in [-0.25, -0.2) is 0 Å². The van der Waals surface area contributed by atoms with Crippen LogP contribution >= 0.6 is 23.5 Å². The van der Waals surface area contributed by atoms with E-state index in [4.69, 9.17) is 10.2 Å². The monoisotopic (exact) mass is 340 g/mol. The minimum Gasteiger partial charge on any atom is -0.481 e. The molecule has 0 heterocycles. The molecular formula is C11H24N4O4S2. The number of rotatable bonds is 15. The number of aliphatic carboxylic acids is 2. The molecule has 0 unspecified atom stereocenters. The fourth-order valence-corrected chi connectivity index (χ4v) is 2.76. The van der Waals surface area contributed by atoms with Crippen LogP contribution in [0.25, 0.3) is 0 Å². The standard InChI is InChI=1S/C11H24N4O4S2/c1-2-12-5-13-6-14-7-15(8-20-3-10(16)17)9-21-4-11(18)19/h12-14H,2-9H2,1H3,(H,16,17)(H,18,19). The van der Waals surface area contributed by atoms with Crippen molar-refractivity contribution in [3.8, 4) is 0 Å². The summed E-state index contributed by atoms with van der Waals surface area (Å²) >= 11 is 2.59. The largest absolute Gasteiger partial charge is 0.481 e. The van der Waals surface area contributed by atoms with Gasteiger partial charge < -0.3 is 15.5 Å². The van der Waals surface area contributed by atoms with E-state index in [9.17, 15) is 9.59 Å². The molecule has 0 saturated carbocycles. The van der Waals surface area contributed by atoms with Crippen LogP contribution in [-0.2, 0) is 9.59 Å². The third kappa shape index (κ3) is 15.7. The van der Waals surface area contributed by atoms with E-state index in [1.807, 2.05) is 11.8 Å². The predicted octanol–water partition coefficient (Wildman–Crippen LogP) is -0.500. The lowest BCUT2D eigenvalue weighted by Gasteiger charge is -2.21. The van der Waals surface area contributed by atoms with Gasteiger partial charge in [-0.2, -0.15) is 0 Å². The minimum atomic E-state index is -0.849. The summed E-state index contributed by atoms with van der Waals surface area (Å²) in [5, 5.41) is 26.7. The second-order valence-electron chi connectivity index (χ2n) is 4.03. The number of carbonyl (C=O) groups is 2. The molecule has 8 nitrogen and oxygen atoms in total. The predicted molar refractivity (Wildman–Crippen MR) is 86.3 cm³/mol. The Kier molecular flexibility index (Phi) is 14.1. The van der Waals surface area contributed by atoms with E-state index < -0.39 is 11.9 Å². The molecule has 0 radical (unpaired) electrons. The lowest BCUT2D eigenvalue weighted by Crippen LogP contribution is -2.41. The molecule has 0 aliphatic rings. The van der Waals surface area contributed by atoms with E-state index in [-0.39, 0.29) is 11.5 Å². The first-order valence-electron chi connectivity index (χ1n) is 6.49. The molecule has 0 spiro atoms. The number of nitrogens with zero attached hydrogens (tertiary/aromatic N) is 1. The number of hydrogen-bond donors (Lipinski definition) is 5. The third-order valence-electron chi connectivity index (χ3n) is 2.08. The Labute approximate surface area is 133 Å². The molecule has 10 heteroatoms. The quantitative estimate of drug-likeness (QED) is 0.197. The molecule has 0 aliphatic heterocycles. The molecular weight excluding hydrogens is 316 g/mol. The summed E-state index contributed by atoms with van der Waals surface area (Å²) in [5.74, 6) is -0.535. The van der Waals surface area contributed by atoms with Crippen LogP contribution in [0.5, 0.6) is 0 Å². The molecule has 0 saturated heterocycles. The Balaban J connectivity index is 3.82. The van der Waals surface area contributed by atoms with Crippen LogP contribution < -0.4 is 16.0 Å². The van der Waals surface area contributed by atoms with Gasteiger partial charge in [-0.05, 0) is 6.54 Å². The molecule has 124 valence electrons. The van der Waals surface area contributed by atoms with Gasteiger partial charge in [0.25, 0.3) is 0 Å². The first kappa shape index (κ1) is 20.5. The van der Waals surface area contributed by atoms with Gasteiger partial charge in [0.2, 0.25) is 0 Å². The zero-order chi connectivity index (χ0) is 15.9. The van der Waals surface area contributed by atoms with Crippen LogP contribution in [0.1, 0.15) is 6.92 Å². The second-order valence-corrected chi connectivity index (χ2v) is 5.94. The normalized spacial score (nSPS) is 11.0. The maximum Gasteiger partial charge on any atom is 0.313 e. The maximum atomic E-state index is 10.5. The van der Waals surface area contributed by atoms with Crippen molar-refractivity contribution >= 4 is 35.5 Å². The lowest BCUT2D eigenvalue weighted by molar-refractivity contribution is -0.134. The van der Waals surface area contributed by atoms with Crippen molar-refractivity contribution in [1.82, 2.24) is 20.9 Å². The summed E-state index contributed by atoms with van der Waals surface area (Å²) in [4.78, 5) is 22.9. The van der Waals surface area contributed by atoms with Crippen LogP contribution in [0.4, 0.5) is 0 Å². The summed E-state index contributed by atoms with van der Waals surface area (Å²) < 4.78 is 0. The highest BCUT2D eigenvalue weighted by atomic mass is 32.2. The molecule has 5 N–H and O–H groups in total. The first-order valence-corrected chi connectivity index (χ1v) is 8.80. The van der Waals surface area contributed by atoms with Crippen molar-refractivity contribution in [2.75, 3.05) is 49.8 Å². The van der Waals surface area contributed by atoms with Crippen LogP contribution in [-0.4, -0.2) is 76.9 Å². The number of carboxylic acids is 2. The van der Waals surface area contributed by atoms with Gasteiger partial charge in [0.1, 0.15) is 0 Å². The third-order valence-corrected chi connectivity index (χ3v) is 4.08. The fourth-order valence-electron chi connectivity index (χ4n) is 1.23. The van der Waals surface area contributed by atoms with Crippen molar-refractivity contribution in [2.24, 2.45) is 0 Å². The summed E-state index contributed by atoms with van der Waals surface area (Å²) in [7, 11) is 0. The van der Waals surface area contributed by atoms with Crippen LogP contribution in [0.15, 0.2) is 0 Å². The van der Waals surface area contributed by atoms with Crippen molar-refractivity contribution in [3.63, 3.8) is 0 Å². The van der Waals surface area contributed by atoms with E-state index in [1.54, 1.807) is 0 Å². The summed E-state index contributed by atoms with van der Waals surface area (Å²) in [5.41, 5.74) is 0. The van der Waals surface area contributed by atoms with Gasteiger partial charge in [-0.3, -0.25) is 25.1 Å². The van der Waals surface area contributed by atoms with Gasteiger partial charge in [-0.1, -0.05) is 6.92 Å². The number of thioether (sulfide) groups is 2. The van der Waals surface area contributed by atoms with Gasteiger partial charge in [0.15, 0.2) is 0 Å². The highest BCUT2D eigenvalue weighted by Crippen LogP contribution is 2.08. The second kappa shape index (κ2) is 14.4. The minimum absolute atomic E-state index is 0.0404. The molecule has 0 atom stereocenters. The molecule has 0 amide bonds. The first-order chi connectivity index (χ1) is 10.1. The highest BCUT2D eigenvalue weighted by Gasteiger charge is 2.07. The van der Waals surface area contributed by atoms with E-state index in [0.717, 1.165) is 6.54 Å². The lowest BCUT2D eigenvalue weighted by atomic mass is 10.7. The van der Waals surface area contributed by atoms with Gasteiger partial charge in [0.05, 0.1) is 18.2 Å². The van der Waals surface area contributed by atoms with E-state index in [2.05, 4.69) is 16.0 Å². The smallest absolute Gasteiger partial charge is 0.313 e. The average Bonchev–Trinajstić information content (AvgIpc) is 2.41. The van der Waals surface area contributed by atoms with Crippen LogP contribution in [0.3, 0.4) is 0 Å². The number of nitrogens with one attached hydrogen (secondary N) is 3. The molecule has 0 aliphatic carbocycles. The fraction of sp³-hybridized carbons (Fsp3) is 0.818. The van der Waals surface area contributed by atoms with E-state index >= 15 is 0 Å². The van der Waals surface area contributed by atoms with Crippen molar-refractivity contribution in [1.29, 1.82) is 0 Å². The van der Waals surface area contributed by atoms with Crippen LogP contribution in [0.2, 0.25) is 0 Å². The molecule has 0 bridgehead atoms. The number of carboxylic acid groups (broad SMARTS) is 2. The maximum absolute atomic E-state index is 10.5. The molecule has 0 aromatic heterocycles. The van der Waals surface area contributed by atoms with Gasteiger partial charge in [0, 0.05) is 25.1 Å². The molecule has 0 fully saturated rings. The Morgan fingerprint density at radius 1 is 0.952 bits per heavy atom. The van der Waals surface area contributed by atoms with Crippen LogP contribution in [0, 0.1) is 0 Å². The Morgan fingerprint density at radius 2 is 1.48 bits per heavy atom. The molecule has 0 aromatic rings. The Morgan fingerprint density at radius 3 is 1.95 bits per heavy atom. The zero-order valence-electron chi connectivity index (χ0n) is 12.1. The zero-order valence-corrected chi connectivity index (χ0v) is 13.8. The highest BCUT2D eigenvalue weighted by molar-refractivity contribution is 8.00. The SMILES string of the molecule is CCNCNCNCN(CSCC(=O)O)CSCC(=O)O.